The van der Waals surface area contributed by atoms with Crippen LogP contribution < -0.4 is 5.73 Å². The summed E-state index contributed by atoms with van der Waals surface area (Å²) >= 11 is 3.91. The van der Waals surface area contributed by atoms with Gasteiger partial charge >= 0.3 is 5.97 Å². The van der Waals surface area contributed by atoms with Crippen molar-refractivity contribution < 1.29 is 9.53 Å². The van der Waals surface area contributed by atoms with Crippen molar-refractivity contribution >= 4 is 18.6 Å². The lowest BCUT2D eigenvalue weighted by Gasteiger charge is -2.05. The third-order valence-electron chi connectivity index (χ3n) is 0.944. The minimum atomic E-state index is -0.507. The summed E-state index contributed by atoms with van der Waals surface area (Å²) in [4.78, 5) is 10.5. The predicted molar refractivity (Wildman–Crippen MR) is 38.5 cm³/mol. The second-order valence-electron chi connectivity index (χ2n) is 1.64. The molecule has 54 valence electrons. The van der Waals surface area contributed by atoms with E-state index in [0.717, 1.165) is 0 Å². The highest BCUT2D eigenvalue weighted by Gasteiger charge is 2.10. The van der Waals surface area contributed by atoms with Crippen LogP contribution in [0.2, 0.25) is 0 Å². The molecule has 0 bridgehead atoms. The Hall–Kier alpha value is -0.220. The summed E-state index contributed by atoms with van der Waals surface area (Å²) in [6.07, 6.45) is 0.565. The Balaban J connectivity index is 3.45. The van der Waals surface area contributed by atoms with Gasteiger partial charge in [0, 0.05) is 0 Å². The van der Waals surface area contributed by atoms with E-state index in [-0.39, 0.29) is 5.97 Å². The molecule has 3 nitrogen and oxygen atoms in total. The first-order valence-corrected chi connectivity index (χ1v) is 3.30. The molecule has 1 unspecified atom stereocenters. The Morgan fingerprint density at radius 3 is 2.78 bits per heavy atom. The molecule has 0 aliphatic heterocycles. The van der Waals surface area contributed by atoms with Crippen molar-refractivity contribution in [3.05, 3.63) is 0 Å². The highest BCUT2D eigenvalue weighted by Crippen LogP contribution is 1.91. The van der Waals surface area contributed by atoms with Crippen LogP contribution in [0.25, 0.3) is 0 Å². The van der Waals surface area contributed by atoms with E-state index in [2.05, 4.69) is 17.4 Å². The maximum Gasteiger partial charge on any atom is 0.322 e. The SMILES string of the molecule is COC(=O)C(N)CCS. The van der Waals surface area contributed by atoms with E-state index in [4.69, 9.17) is 5.73 Å². The van der Waals surface area contributed by atoms with Crippen molar-refractivity contribution in [1.29, 1.82) is 0 Å². The molecule has 0 saturated heterocycles. The molecule has 0 aliphatic carbocycles. The largest absolute Gasteiger partial charge is 0.468 e. The van der Waals surface area contributed by atoms with Gasteiger partial charge in [-0.15, -0.1) is 0 Å². The van der Waals surface area contributed by atoms with Crippen LogP contribution in [0.1, 0.15) is 6.42 Å². The number of carbonyl (C=O) groups excluding carboxylic acids is 1. The molecule has 0 heterocycles. The summed E-state index contributed by atoms with van der Waals surface area (Å²) in [7, 11) is 1.32. The predicted octanol–water partition coefficient (Wildman–Crippen LogP) is -0.193. The summed E-state index contributed by atoms with van der Waals surface area (Å²) < 4.78 is 4.37. The fourth-order valence-electron chi connectivity index (χ4n) is 0.408. The van der Waals surface area contributed by atoms with Crippen LogP contribution in [0, 0.1) is 0 Å². The number of esters is 1. The lowest BCUT2D eigenvalue weighted by Crippen LogP contribution is -2.31. The van der Waals surface area contributed by atoms with Crippen LogP contribution in [0.3, 0.4) is 0 Å². The first-order valence-electron chi connectivity index (χ1n) is 2.66. The lowest BCUT2D eigenvalue weighted by atomic mass is 10.2. The molecule has 0 aromatic heterocycles. The number of carbonyl (C=O) groups is 1. The quantitative estimate of drug-likeness (QED) is 0.432. The van der Waals surface area contributed by atoms with Crippen molar-refractivity contribution in [2.45, 2.75) is 12.5 Å². The van der Waals surface area contributed by atoms with Gasteiger partial charge in [0.05, 0.1) is 7.11 Å². The zero-order valence-electron chi connectivity index (χ0n) is 5.33. The highest BCUT2D eigenvalue weighted by atomic mass is 32.1. The number of thiol groups is 1. The van der Waals surface area contributed by atoms with Crippen molar-refractivity contribution in [3.63, 3.8) is 0 Å². The van der Waals surface area contributed by atoms with E-state index in [1.54, 1.807) is 0 Å². The molecule has 0 amide bonds. The van der Waals surface area contributed by atoms with E-state index < -0.39 is 6.04 Å². The van der Waals surface area contributed by atoms with E-state index in [9.17, 15) is 4.79 Å². The van der Waals surface area contributed by atoms with Crippen molar-refractivity contribution in [2.24, 2.45) is 5.73 Å². The number of rotatable bonds is 3. The fourth-order valence-corrected chi connectivity index (χ4v) is 0.686. The van der Waals surface area contributed by atoms with Crippen LogP contribution in [-0.2, 0) is 9.53 Å². The average molecular weight is 149 g/mol. The van der Waals surface area contributed by atoms with E-state index in [0.29, 0.717) is 12.2 Å². The van der Waals surface area contributed by atoms with Crippen LogP contribution in [-0.4, -0.2) is 24.9 Å². The standard InChI is InChI=1S/C5H11NO2S/c1-8-5(7)4(6)2-3-9/h4,9H,2-3,6H2,1H3. The molecule has 4 heteroatoms. The zero-order chi connectivity index (χ0) is 7.28. The molecule has 0 saturated carbocycles. The number of hydrogen-bond acceptors (Lipinski definition) is 4. The average Bonchev–Trinajstić information content (AvgIpc) is 1.87. The van der Waals surface area contributed by atoms with Crippen LogP contribution in [0.4, 0.5) is 0 Å². The van der Waals surface area contributed by atoms with Gasteiger partial charge in [0.1, 0.15) is 6.04 Å². The third-order valence-corrected chi connectivity index (χ3v) is 1.20. The van der Waals surface area contributed by atoms with Gasteiger partial charge in [-0.3, -0.25) is 4.79 Å². The molecule has 9 heavy (non-hydrogen) atoms. The minimum Gasteiger partial charge on any atom is -0.468 e. The maximum atomic E-state index is 10.5. The molecule has 0 rings (SSSR count). The second kappa shape index (κ2) is 4.64. The molecule has 0 aliphatic rings. The topological polar surface area (TPSA) is 52.3 Å². The summed E-state index contributed by atoms with van der Waals surface area (Å²) in [6, 6.07) is -0.507. The van der Waals surface area contributed by atoms with Gasteiger partial charge in [-0.25, -0.2) is 0 Å². The van der Waals surface area contributed by atoms with E-state index in [1.165, 1.54) is 7.11 Å². The summed E-state index contributed by atoms with van der Waals surface area (Å²) in [5.41, 5.74) is 5.31. The van der Waals surface area contributed by atoms with Gasteiger partial charge in [0.2, 0.25) is 0 Å². The smallest absolute Gasteiger partial charge is 0.322 e. The van der Waals surface area contributed by atoms with Crippen LogP contribution in [0.15, 0.2) is 0 Å². The number of nitrogens with two attached hydrogens (primary N) is 1. The van der Waals surface area contributed by atoms with E-state index >= 15 is 0 Å². The van der Waals surface area contributed by atoms with Gasteiger partial charge < -0.3 is 10.5 Å². The third kappa shape index (κ3) is 3.37. The maximum absolute atomic E-state index is 10.5. The molecule has 0 radical (unpaired) electrons. The van der Waals surface area contributed by atoms with Gasteiger partial charge in [0.15, 0.2) is 0 Å². The first kappa shape index (κ1) is 8.78. The van der Waals surface area contributed by atoms with Gasteiger partial charge in [-0.05, 0) is 12.2 Å². The normalized spacial score (nSPS) is 12.8. The Morgan fingerprint density at radius 1 is 1.89 bits per heavy atom. The molecule has 2 N–H and O–H groups in total. The Labute approximate surface area is 60.0 Å². The molecular formula is C5H11NO2S. The van der Waals surface area contributed by atoms with Crippen LogP contribution in [0.5, 0.6) is 0 Å². The minimum absolute atomic E-state index is 0.371. The highest BCUT2D eigenvalue weighted by molar-refractivity contribution is 7.80. The molecule has 0 aromatic carbocycles. The molecule has 0 aromatic rings. The molecule has 0 spiro atoms. The number of methoxy groups -OCH3 is 1. The van der Waals surface area contributed by atoms with Crippen molar-refractivity contribution in [3.8, 4) is 0 Å². The van der Waals surface area contributed by atoms with Gasteiger partial charge in [-0.1, -0.05) is 0 Å². The molecule has 1 atom stereocenters. The fraction of sp³-hybridized carbons (Fsp3) is 0.800. The summed E-state index contributed by atoms with van der Waals surface area (Å²) in [6.45, 7) is 0. The van der Waals surface area contributed by atoms with Gasteiger partial charge in [-0.2, -0.15) is 12.6 Å². The Bertz CT molecular complexity index is 97.0. The van der Waals surface area contributed by atoms with Crippen molar-refractivity contribution in [1.82, 2.24) is 0 Å². The monoisotopic (exact) mass is 149 g/mol. The van der Waals surface area contributed by atoms with E-state index in [1.807, 2.05) is 0 Å². The first-order chi connectivity index (χ1) is 4.22. The van der Waals surface area contributed by atoms with Gasteiger partial charge in [0.25, 0.3) is 0 Å². The lowest BCUT2D eigenvalue weighted by molar-refractivity contribution is -0.142. The second-order valence-corrected chi connectivity index (χ2v) is 2.09. The van der Waals surface area contributed by atoms with Crippen LogP contribution >= 0.6 is 12.6 Å². The Morgan fingerprint density at radius 2 is 2.44 bits per heavy atom. The Kier molecular flexibility index (Phi) is 4.53. The zero-order valence-corrected chi connectivity index (χ0v) is 6.23. The van der Waals surface area contributed by atoms with Crippen molar-refractivity contribution in [2.75, 3.05) is 12.9 Å². The molecular weight excluding hydrogens is 138 g/mol. The summed E-state index contributed by atoms with van der Waals surface area (Å²) in [5.74, 6) is 0.236. The number of ether oxygens (including phenoxy) is 1. The molecule has 0 fully saturated rings. The summed E-state index contributed by atoms with van der Waals surface area (Å²) in [5, 5.41) is 0. The number of hydrogen-bond donors (Lipinski definition) is 2.